The van der Waals surface area contributed by atoms with Crippen molar-refractivity contribution in [3.05, 3.63) is 71.3 Å². The number of hydrogen-bond donors (Lipinski definition) is 1. The molecule has 0 aliphatic carbocycles. The van der Waals surface area contributed by atoms with Gasteiger partial charge in [-0.2, -0.15) is 0 Å². The molecule has 1 heteroatoms. The van der Waals surface area contributed by atoms with Crippen LogP contribution in [0.4, 0.5) is 5.69 Å². The van der Waals surface area contributed by atoms with E-state index in [9.17, 15) is 0 Å². The molecule has 0 spiro atoms. The molecule has 0 bridgehead atoms. The van der Waals surface area contributed by atoms with E-state index in [1.54, 1.807) is 0 Å². The second kappa shape index (κ2) is 4.46. The van der Waals surface area contributed by atoms with E-state index >= 15 is 0 Å². The van der Waals surface area contributed by atoms with Gasteiger partial charge in [-0.25, -0.2) is 0 Å². The van der Waals surface area contributed by atoms with Crippen molar-refractivity contribution in [2.45, 2.75) is 13.8 Å². The highest BCUT2D eigenvalue weighted by Gasteiger charge is 2.09. The van der Waals surface area contributed by atoms with E-state index in [0.29, 0.717) is 0 Å². The third-order valence-corrected chi connectivity index (χ3v) is 2.93. The summed E-state index contributed by atoms with van der Waals surface area (Å²) in [7, 11) is 0. The first kappa shape index (κ1) is 11.5. The molecular formula is C16H17N. The normalized spacial score (nSPS) is 10.2. The van der Waals surface area contributed by atoms with Crippen LogP contribution in [0, 0.1) is 13.8 Å². The zero-order chi connectivity index (χ0) is 12.4. The van der Waals surface area contributed by atoms with Gasteiger partial charge in [-0.1, -0.05) is 43.0 Å². The van der Waals surface area contributed by atoms with Crippen LogP contribution in [-0.2, 0) is 0 Å². The molecule has 2 aromatic rings. The smallest absolute Gasteiger partial charge is 0.0399 e. The van der Waals surface area contributed by atoms with Gasteiger partial charge in [0, 0.05) is 11.3 Å². The van der Waals surface area contributed by atoms with Gasteiger partial charge >= 0.3 is 0 Å². The Morgan fingerprint density at radius 3 is 2.29 bits per heavy atom. The highest BCUT2D eigenvalue weighted by Crippen LogP contribution is 2.30. The number of nitrogen functional groups attached to an aromatic ring is 1. The van der Waals surface area contributed by atoms with Gasteiger partial charge < -0.3 is 5.73 Å². The number of rotatable bonds is 2. The molecule has 0 amide bonds. The summed E-state index contributed by atoms with van der Waals surface area (Å²) < 4.78 is 0. The molecular weight excluding hydrogens is 206 g/mol. The Bertz CT molecular complexity index is 530. The number of benzene rings is 2. The summed E-state index contributed by atoms with van der Waals surface area (Å²) in [5, 5.41) is 0. The largest absolute Gasteiger partial charge is 0.398 e. The fourth-order valence-corrected chi connectivity index (χ4v) is 2.20. The standard InChI is InChI=1S/C16H17N/c1-11-9-12(2)16(15(17)10-11)13(3)14-7-5-4-6-8-14/h4-10H,3,17H2,1-2H3. The zero-order valence-corrected chi connectivity index (χ0v) is 10.3. The molecule has 0 fully saturated rings. The summed E-state index contributed by atoms with van der Waals surface area (Å²) in [4.78, 5) is 0. The Hall–Kier alpha value is -2.02. The fourth-order valence-electron chi connectivity index (χ4n) is 2.20. The Balaban J connectivity index is 2.52. The minimum Gasteiger partial charge on any atom is -0.398 e. The molecule has 2 rings (SSSR count). The molecule has 0 radical (unpaired) electrons. The van der Waals surface area contributed by atoms with E-state index < -0.39 is 0 Å². The maximum atomic E-state index is 6.10. The average Bonchev–Trinajstić information content (AvgIpc) is 2.28. The molecule has 2 aromatic carbocycles. The van der Waals surface area contributed by atoms with Gasteiger partial charge in [-0.15, -0.1) is 0 Å². The molecule has 0 saturated carbocycles. The van der Waals surface area contributed by atoms with Crippen molar-refractivity contribution < 1.29 is 0 Å². The molecule has 0 atom stereocenters. The topological polar surface area (TPSA) is 26.0 Å². The summed E-state index contributed by atoms with van der Waals surface area (Å²) in [6, 6.07) is 14.3. The second-order valence-corrected chi connectivity index (χ2v) is 4.39. The van der Waals surface area contributed by atoms with Gasteiger partial charge in [-0.05, 0) is 42.2 Å². The predicted molar refractivity (Wildman–Crippen MR) is 74.9 cm³/mol. The molecule has 0 heterocycles. The van der Waals surface area contributed by atoms with Crippen molar-refractivity contribution in [2.75, 3.05) is 5.73 Å². The Kier molecular flexibility index (Phi) is 3.01. The third kappa shape index (κ3) is 2.23. The quantitative estimate of drug-likeness (QED) is 0.766. The fraction of sp³-hybridized carbons (Fsp3) is 0.125. The van der Waals surface area contributed by atoms with Gasteiger partial charge in [-0.3, -0.25) is 0 Å². The highest BCUT2D eigenvalue weighted by molar-refractivity contribution is 5.86. The van der Waals surface area contributed by atoms with Crippen LogP contribution < -0.4 is 5.73 Å². The molecule has 0 unspecified atom stereocenters. The van der Waals surface area contributed by atoms with E-state index in [-0.39, 0.29) is 0 Å². The molecule has 86 valence electrons. The minimum atomic E-state index is 0.802. The Morgan fingerprint density at radius 2 is 1.71 bits per heavy atom. The lowest BCUT2D eigenvalue weighted by Crippen LogP contribution is -1.98. The minimum absolute atomic E-state index is 0.802. The van der Waals surface area contributed by atoms with E-state index in [0.717, 1.165) is 22.4 Å². The molecule has 0 aliphatic rings. The van der Waals surface area contributed by atoms with Crippen molar-refractivity contribution in [3.8, 4) is 0 Å². The van der Waals surface area contributed by atoms with Crippen LogP contribution in [0.1, 0.15) is 22.3 Å². The zero-order valence-electron chi connectivity index (χ0n) is 10.3. The molecule has 0 aliphatic heterocycles. The van der Waals surface area contributed by atoms with Crippen LogP contribution >= 0.6 is 0 Å². The first-order chi connectivity index (χ1) is 8.09. The molecule has 17 heavy (non-hydrogen) atoms. The molecule has 2 N–H and O–H groups in total. The number of anilines is 1. The van der Waals surface area contributed by atoms with Crippen LogP contribution in [0.15, 0.2) is 49.0 Å². The second-order valence-electron chi connectivity index (χ2n) is 4.39. The maximum absolute atomic E-state index is 6.10. The van der Waals surface area contributed by atoms with Gasteiger partial charge in [0.1, 0.15) is 0 Å². The predicted octanol–water partition coefficient (Wildman–Crippen LogP) is 3.95. The lowest BCUT2D eigenvalue weighted by Gasteiger charge is -2.13. The molecule has 1 nitrogen and oxygen atoms in total. The maximum Gasteiger partial charge on any atom is 0.0399 e. The van der Waals surface area contributed by atoms with Crippen LogP contribution in [0.5, 0.6) is 0 Å². The monoisotopic (exact) mass is 223 g/mol. The first-order valence-electron chi connectivity index (χ1n) is 5.71. The molecule has 0 aromatic heterocycles. The SMILES string of the molecule is C=C(c1ccccc1)c1c(C)cc(C)cc1N. The summed E-state index contributed by atoms with van der Waals surface area (Å²) in [5.74, 6) is 0. The average molecular weight is 223 g/mol. The van der Waals surface area contributed by atoms with Gasteiger partial charge in [0.25, 0.3) is 0 Å². The number of nitrogens with two attached hydrogens (primary N) is 1. The van der Waals surface area contributed by atoms with Crippen LogP contribution in [0.25, 0.3) is 5.57 Å². The van der Waals surface area contributed by atoms with Crippen LogP contribution in [0.3, 0.4) is 0 Å². The highest BCUT2D eigenvalue weighted by atomic mass is 14.6. The summed E-state index contributed by atoms with van der Waals surface area (Å²) in [6.07, 6.45) is 0. The van der Waals surface area contributed by atoms with Crippen molar-refractivity contribution in [2.24, 2.45) is 0 Å². The van der Waals surface area contributed by atoms with Crippen molar-refractivity contribution in [1.29, 1.82) is 0 Å². The van der Waals surface area contributed by atoms with E-state index in [1.165, 1.54) is 11.1 Å². The van der Waals surface area contributed by atoms with Gasteiger partial charge in [0.2, 0.25) is 0 Å². The molecule has 0 saturated heterocycles. The lowest BCUT2D eigenvalue weighted by atomic mass is 9.93. The van der Waals surface area contributed by atoms with Crippen LogP contribution in [-0.4, -0.2) is 0 Å². The summed E-state index contributed by atoms with van der Waals surface area (Å²) >= 11 is 0. The first-order valence-corrected chi connectivity index (χ1v) is 5.71. The van der Waals surface area contributed by atoms with Crippen molar-refractivity contribution in [1.82, 2.24) is 0 Å². The third-order valence-electron chi connectivity index (χ3n) is 2.93. The summed E-state index contributed by atoms with van der Waals surface area (Å²) in [5.41, 5.74) is 12.4. The number of aryl methyl sites for hydroxylation is 2. The van der Waals surface area contributed by atoms with E-state index in [4.69, 9.17) is 5.73 Å². The van der Waals surface area contributed by atoms with Crippen LogP contribution in [0.2, 0.25) is 0 Å². The van der Waals surface area contributed by atoms with Gasteiger partial charge in [0.05, 0.1) is 0 Å². The number of hydrogen-bond acceptors (Lipinski definition) is 1. The summed E-state index contributed by atoms with van der Waals surface area (Å²) in [6.45, 7) is 8.30. The van der Waals surface area contributed by atoms with E-state index in [2.05, 4.69) is 38.6 Å². The van der Waals surface area contributed by atoms with Gasteiger partial charge in [0.15, 0.2) is 0 Å². The van der Waals surface area contributed by atoms with Crippen molar-refractivity contribution in [3.63, 3.8) is 0 Å². The Morgan fingerprint density at radius 1 is 1.06 bits per heavy atom. The van der Waals surface area contributed by atoms with Crippen molar-refractivity contribution >= 4 is 11.3 Å². The van der Waals surface area contributed by atoms with E-state index in [1.807, 2.05) is 24.3 Å². The lowest BCUT2D eigenvalue weighted by molar-refractivity contribution is 1.36. The Labute approximate surface area is 103 Å².